The van der Waals surface area contributed by atoms with Crippen LogP contribution >= 0.6 is 27.4 Å². The van der Waals surface area contributed by atoms with Gasteiger partial charge in [0.1, 0.15) is 54.2 Å². The fourth-order valence-electron chi connectivity index (χ4n) is 5.71. The SMILES string of the molecule is CC(C)C(=O)SCCOP1(=O)OC[C@H]2O[C@@H](n3cnc4c(N)ncnc43)C(F)C2OP(=O)(O)OC[C@H]2O[C@@H](n3cnc4c(N)ncnc43)C(O1)C2O. The van der Waals surface area contributed by atoms with Gasteiger partial charge in [-0.05, 0) is 0 Å². The fourth-order valence-corrected chi connectivity index (χ4v) is 8.85. The van der Waals surface area contributed by atoms with E-state index >= 15 is 4.39 Å². The summed E-state index contributed by atoms with van der Waals surface area (Å²) in [5, 5.41) is 11.2. The maximum absolute atomic E-state index is 16.3. The zero-order valence-corrected chi connectivity index (χ0v) is 29.8. The van der Waals surface area contributed by atoms with Gasteiger partial charge in [0, 0.05) is 11.7 Å². The van der Waals surface area contributed by atoms with E-state index in [0.717, 1.165) is 24.4 Å². The van der Waals surface area contributed by atoms with Gasteiger partial charge in [0.25, 0.3) is 0 Å². The molecule has 282 valence electrons. The summed E-state index contributed by atoms with van der Waals surface area (Å²) < 4.78 is 86.1. The molecular weight excluding hydrogens is 757 g/mol. The number of aliphatic hydroxyl groups is 1. The van der Waals surface area contributed by atoms with Gasteiger partial charge in [0.05, 0.1) is 32.5 Å². The number of phosphoric ester groups is 2. The smallest absolute Gasteiger partial charge is 0.387 e. The third kappa shape index (κ3) is 7.18. The van der Waals surface area contributed by atoms with E-state index in [9.17, 15) is 23.9 Å². The third-order valence-electron chi connectivity index (χ3n) is 8.26. The number of ether oxygens (including phenoxy) is 2. The highest BCUT2D eigenvalue weighted by Gasteiger charge is 2.55. The average molecular weight is 791 g/mol. The number of rotatable bonds is 7. The molecule has 6 N–H and O–H groups in total. The lowest BCUT2D eigenvalue weighted by Crippen LogP contribution is -2.35. The van der Waals surface area contributed by atoms with Gasteiger partial charge in [-0.3, -0.25) is 36.5 Å². The largest absolute Gasteiger partial charge is 0.475 e. The van der Waals surface area contributed by atoms with Crippen molar-refractivity contribution in [3.8, 4) is 0 Å². The summed E-state index contributed by atoms with van der Waals surface area (Å²) in [5.41, 5.74) is 12.3. The van der Waals surface area contributed by atoms with Gasteiger partial charge in [0.15, 0.2) is 46.7 Å². The molecule has 3 aliphatic heterocycles. The first-order chi connectivity index (χ1) is 24.7. The standard InChI is InChI=1S/C26H33FN10O12P2S/c1-11(2)26(39)52-4-3-43-51(42)45-6-13-18(14(27)24(47-13)36-9-34-15-20(28)30-7-32-22(15)36)48-50(40,41)44-5-12-17(38)19(49-51)25(46-12)37-10-35-16-21(29)31-8-33-23(16)37/h7-14,17-19,24-25,38H,3-6H2,1-2H3,(H,40,41)(H2,28,30,32)(H2,29,31,33)/t12-,13-,14?,17?,18?,19?,24-,25-,51?/m1/s1. The van der Waals surface area contributed by atoms with Crippen LogP contribution in [0.2, 0.25) is 0 Å². The number of imidazole rings is 2. The molecule has 0 spiro atoms. The van der Waals surface area contributed by atoms with Gasteiger partial charge >= 0.3 is 15.6 Å². The number of phosphoric acid groups is 2. The monoisotopic (exact) mass is 790 g/mol. The lowest BCUT2D eigenvalue weighted by Gasteiger charge is -2.27. The van der Waals surface area contributed by atoms with Crippen LogP contribution in [-0.2, 0) is 46.0 Å². The lowest BCUT2D eigenvalue weighted by molar-refractivity contribution is -0.113. The first-order valence-electron chi connectivity index (χ1n) is 15.6. The van der Waals surface area contributed by atoms with Gasteiger partial charge in [-0.15, -0.1) is 0 Å². The van der Waals surface area contributed by atoms with Crippen molar-refractivity contribution in [3.05, 3.63) is 25.3 Å². The second-order valence-electron chi connectivity index (χ2n) is 12.0. The number of fused-ring (bicyclic) bond motifs is 5. The van der Waals surface area contributed by atoms with Crippen LogP contribution in [0.1, 0.15) is 26.3 Å². The fraction of sp³-hybridized carbons (Fsp3) is 0.577. The number of nitrogen functional groups attached to an aromatic ring is 2. The van der Waals surface area contributed by atoms with Crippen molar-refractivity contribution in [2.45, 2.75) is 63.0 Å². The van der Waals surface area contributed by atoms with E-state index in [-0.39, 0.29) is 57.4 Å². The Morgan fingerprint density at radius 3 is 2.17 bits per heavy atom. The summed E-state index contributed by atoms with van der Waals surface area (Å²) in [5.74, 6) is -0.218. The number of nitrogens with two attached hydrogens (primary N) is 2. The number of alkyl halides is 1. The molecule has 6 unspecified atom stereocenters. The maximum atomic E-state index is 16.3. The Hall–Kier alpha value is -3.25. The highest BCUT2D eigenvalue weighted by molar-refractivity contribution is 8.13. The third-order valence-corrected chi connectivity index (χ3v) is 11.8. The quantitative estimate of drug-likeness (QED) is 0.151. The van der Waals surface area contributed by atoms with Gasteiger partial charge in [-0.2, -0.15) is 0 Å². The second kappa shape index (κ2) is 14.5. The molecule has 26 heteroatoms. The predicted molar refractivity (Wildman–Crippen MR) is 176 cm³/mol. The molecule has 7 rings (SSSR count). The van der Waals surface area contributed by atoms with Crippen LogP contribution < -0.4 is 11.5 Å². The molecule has 0 radical (unpaired) electrons. The molecule has 0 aromatic carbocycles. The molecule has 2 bridgehead atoms. The second-order valence-corrected chi connectivity index (χ2v) is 16.2. The van der Waals surface area contributed by atoms with Crippen molar-refractivity contribution < 1.29 is 60.4 Å². The average Bonchev–Trinajstić information content (AvgIpc) is 3.87. The van der Waals surface area contributed by atoms with E-state index in [0.29, 0.717) is 0 Å². The molecule has 22 nitrogen and oxygen atoms in total. The maximum Gasteiger partial charge on any atom is 0.475 e. The van der Waals surface area contributed by atoms with Crippen LogP contribution in [0.5, 0.6) is 0 Å². The minimum absolute atomic E-state index is 0.00740. The van der Waals surface area contributed by atoms with E-state index in [1.54, 1.807) is 13.8 Å². The molecule has 0 amide bonds. The van der Waals surface area contributed by atoms with E-state index < -0.39 is 78.0 Å². The van der Waals surface area contributed by atoms with Gasteiger partial charge < -0.3 is 30.9 Å². The van der Waals surface area contributed by atoms with Crippen molar-refractivity contribution in [1.82, 2.24) is 39.0 Å². The molecule has 4 aromatic rings. The number of anilines is 2. The number of carbonyl (C=O) groups is 1. The van der Waals surface area contributed by atoms with Gasteiger partial charge in [-0.25, -0.2) is 43.4 Å². The Kier molecular flexibility index (Phi) is 10.4. The Labute approximate surface area is 296 Å². The van der Waals surface area contributed by atoms with Crippen molar-refractivity contribution in [2.75, 3.05) is 37.0 Å². The van der Waals surface area contributed by atoms with Crippen LogP contribution in [0.25, 0.3) is 22.3 Å². The number of hydrogen-bond donors (Lipinski definition) is 4. The van der Waals surface area contributed by atoms with E-state index in [4.69, 9.17) is 43.6 Å². The van der Waals surface area contributed by atoms with Crippen LogP contribution in [0.4, 0.5) is 16.0 Å². The van der Waals surface area contributed by atoms with Crippen LogP contribution in [-0.4, -0.2) is 116 Å². The minimum Gasteiger partial charge on any atom is -0.387 e. The number of nitrogens with zero attached hydrogens (tertiary/aromatic N) is 8. The predicted octanol–water partition coefficient (Wildman–Crippen LogP) is 1.28. The van der Waals surface area contributed by atoms with Crippen LogP contribution in [0.15, 0.2) is 25.3 Å². The summed E-state index contributed by atoms with van der Waals surface area (Å²) in [6.07, 6.45) is -8.56. The van der Waals surface area contributed by atoms with E-state index in [1.165, 1.54) is 21.8 Å². The first kappa shape index (κ1) is 37.1. The Morgan fingerprint density at radius 1 is 0.942 bits per heavy atom. The molecule has 52 heavy (non-hydrogen) atoms. The highest BCUT2D eigenvalue weighted by atomic mass is 32.2. The molecule has 7 heterocycles. The summed E-state index contributed by atoms with van der Waals surface area (Å²) >= 11 is 0.924. The Balaban J connectivity index is 1.22. The van der Waals surface area contributed by atoms with Crippen molar-refractivity contribution in [3.63, 3.8) is 0 Å². The zero-order chi connectivity index (χ0) is 36.9. The number of carbonyl (C=O) groups excluding carboxylic acids is 1. The number of thioether (sulfide) groups is 1. The summed E-state index contributed by atoms with van der Waals surface area (Å²) in [6, 6.07) is 0. The van der Waals surface area contributed by atoms with Crippen LogP contribution in [0, 0.1) is 5.92 Å². The molecule has 0 aliphatic carbocycles. The van der Waals surface area contributed by atoms with Crippen molar-refractivity contribution >= 4 is 66.5 Å². The minimum atomic E-state index is -5.14. The number of aliphatic hydroxyl groups excluding tert-OH is 1. The molecule has 4 aromatic heterocycles. The molecule has 10 atom stereocenters. The normalized spacial score (nSPS) is 34.3. The summed E-state index contributed by atoms with van der Waals surface area (Å²) in [4.78, 5) is 47.3. The molecule has 0 saturated carbocycles. The van der Waals surface area contributed by atoms with Gasteiger partial charge in [-0.1, -0.05) is 25.6 Å². The van der Waals surface area contributed by atoms with E-state index in [1.807, 2.05) is 0 Å². The number of halogens is 1. The van der Waals surface area contributed by atoms with E-state index in [2.05, 4.69) is 29.9 Å². The number of aromatic nitrogens is 8. The lowest BCUT2D eigenvalue weighted by atomic mass is 10.1. The number of hydrogen-bond acceptors (Lipinski definition) is 20. The summed E-state index contributed by atoms with van der Waals surface area (Å²) in [6.45, 7) is 1.48. The van der Waals surface area contributed by atoms with Crippen molar-refractivity contribution in [2.24, 2.45) is 5.92 Å². The van der Waals surface area contributed by atoms with Crippen molar-refractivity contribution in [1.29, 1.82) is 0 Å². The van der Waals surface area contributed by atoms with Gasteiger partial charge in [0.2, 0.25) is 0 Å². The zero-order valence-electron chi connectivity index (χ0n) is 27.2. The Bertz CT molecular complexity index is 2060. The highest BCUT2D eigenvalue weighted by Crippen LogP contribution is 2.56. The topological polar surface area (TPSA) is 296 Å². The molecule has 3 saturated heterocycles. The molecular formula is C26H33FN10O12P2S. The summed E-state index contributed by atoms with van der Waals surface area (Å²) in [7, 11) is -9.97. The Morgan fingerprint density at radius 2 is 1.54 bits per heavy atom. The van der Waals surface area contributed by atoms with Crippen LogP contribution in [0.3, 0.4) is 0 Å². The molecule has 3 fully saturated rings. The molecule has 3 aliphatic rings. The first-order valence-corrected chi connectivity index (χ1v) is 19.6.